The summed E-state index contributed by atoms with van der Waals surface area (Å²) >= 11 is 0. The highest BCUT2D eigenvalue weighted by atomic mass is 16.5. The molecule has 19 heavy (non-hydrogen) atoms. The number of ether oxygens (including phenoxy) is 1. The highest BCUT2D eigenvalue weighted by molar-refractivity contribution is 5.82. The fourth-order valence-corrected chi connectivity index (χ4v) is 3.17. The largest absolute Gasteiger partial charge is 0.479 e. The highest BCUT2D eigenvalue weighted by Gasteiger charge is 2.64. The van der Waals surface area contributed by atoms with Crippen molar-refractivity contribution in [3.8, 4) is 0 Å². The molecule has 5 heteroatoms. The van der Waals surface area contributed by atoms with Crippen molar-refractivity contribution in [1.82, 2.24) is 5.32 Å². The van der Waals surface area contributed by atoms with E-state index in [1.165, 1.54) is 0 Å². The number of hydrogen-bond acceptors (Lipinski definition) is 3. The molecule has 1 saturated carbocycles. The Balaban J connectivity index is 1.79. The Labute approximate surface area is 113 Å². The fraction of sp³-hybridized carbons (Fsp3) is 0.857. The highest BCUT2D eigenvalue weighted by Crippen LogP contribution is 2.67. The van der Waals surface area contributed by atoms with Gasteiger partial charge in [0.1, 0.15) is 6.10 Å². The summed E-state index contributed by atoms with van der Waals surface area (Å²) in [5.74, 6) is -0.706. The van der Waals surface area contributed by atoms with Crippen molar-refractivity contribution in [3.05, 3.63) is 0 Å². The number of carbonyl (C=O) groups is 2. The van der Waals surface area contributed by atoms with E-state index >= 15 is 0 Å². The van der Waals surface area contributed by atoms with Crippen LogP contribution in [0.1, 0.15) is 40.5 Å². The van der Waals surface area contributed by atoms with Crippen molar-refractivity contribution in [2.75, 3.05) is 6.54 Å². The first kappa shape index (κ1) is 14.3. The van der Waals surface area contributed by atoms with Gasteiger partial charge in [-0.3, -0.25) is 4.79 Å². The maximum Gasteiger partial charge on any atom is 0.332 e. The van der Waals surface area contributed by atoms with E-state index in [1.54, 1.807) is 0 Å². The van der Waals surface area contributed by atoms with Crippen molar-refractivity contribution in [2.45, 2.75) is 52.7 Å². The second-order valence-corrected chi connectivity index (χ2v) is 6.77. The standard InChI is InChI=1S/C14H23NO4/c1-13(2)10(14(13,3)4)7-15-11(16)8-5-6-9(19-8)12(17)18/h8-10H,5-7H2,1-4H3,(H,15,16)(H,17,18). The minimum Gasteiger partial charge on any atom is -0.479 e. The molecule has 0 spiro atoms. The zero-order valence-corrected chi connectivity index (χ0v) is 12.0. The zero-order valence-electron chi connectivity index (χ0n) is 12.0. The molecule has 2 unspecified atom stereocenters. The van der Waals surface area contributed by atoms with Crippen LogP contribution in [0.3, 0.4) is 0 Å². The normalized spacial score (nSPS) is 32.0. The zero-order chi connectivity index (χ0) is 14.4. The molecule has 2 fully saturated rings. The topological polar surface area (TPSA) is 75.6 Å². The summed E-state index contributed by atoms with van der Waals surface area (Å²) < 4.78 is 5.23. The smallest absolute Gasteiger partial charge is 0.332 e. The number of aliphatic carboxylic acids is 1. The van der Waals surface area contributed by atoms with Gasteiger partial charge in [-0.2, -0.15) is 0 Å². The molecule has 1 saturated heterocycles. The van der Waals surface area contributed by atoms with Gasteiger partial charge in [0, 0.05) is 6.54 Å². The number of nitrogens with one attached hydrogen (secondary N) is 1. The minimum absolute atomic E-state index is 0.178. The van der Waals surface area contributed by atoms with Gasteiger partial charge in [0.15, 0.2) is 6.10 Å². The number of carboxylic acids is 1. The minimum atomic E-state index is -0.986. The Hall–Kier alpha value is -1.10. The van der Waals surface area contributed by atoms with Crippen molar-refractivity contribution in [1.29, 1.82) is 0 Å². The van der Waals surface area contributed by atoms with Gasteiger partial charge in [-0.15, -0.1) is 0 Å². The molecule has 108 valence electrons. The summed E-state index contributed by atoms with van der Waals surface area (Å²) in [6.07, 6.45) is -0.538. The maximum atomic E-state index is 11.9. The lowest BCUT2D eigenvalue weighted by molar-refractivity contribution is -0.151. The summed E-state index contributed by atoms with van der Waals surface area (Å²) in [4.78, 5) is 22.7. The number of carbonyl (C=O) groups excluding carboxylic acids is 1. The summed E-state index contributed by atoms with van der Waals surface area (Å²) in [7, 11) is 0. The predicted octanol–water partition coefficient (Wildman–Crippen LogP) is 1.42. The summed E-state index contributed by atoms with van der Waals surface area (Å²) in [6, 6.07) is 0. The van der Waals surface area contributed by atoms with E-state index in [2.05, 4.69) is 33.0 Å². The molecule has 5 nitrogen and oxygen atoms in total. The lowest BCUT2D eigenvalue weighted by Gasteiger charge is -2.12. The molecule has 1 aliphatic heterocycles. The third-order valence-corrected chi connectivity index (χ3v) is 5.39. The lowest BCUT2D eigenvalue weighted by Crippen LogP contribution is -2.37. The second kappa shape index (κ2) is 4.47. The van der Waals surface area contributed by atoms with E-state index in [0.717, 1.165) is 0 Å². The summed E-state index contributed by atoms with van der Waals surface area (Å²) in [5.41, 5.74) is 0.473. The van der Waals surface area contributed by atoms with Crippen molar-refractivity contribution >= 4 is 11.9 Å². The monoisotopic (exact) mass is 269 g/mol. The van der Waals surface area contributed by atoms with Crippen molar-refractivity contribution < 1.29 is 19.4 Å². The first-order chi connectivity index (χ1) is 8.68. The van der Waals surface area contributed by atoms with Crippen LogP contribution in [0.15, 0.2) is 0 Å². The molecule has 0 bridgehead atoms. The molecule has 0 aromatic carbocycles. The van der Waals surface area contributed by atoms with E-state index in [1.807, 2.05) is 0 Å². The number of hydrogen-bond donors (Lipinski definition) is 2. The van der Waals surface area contributed by atoms with E-state index in [9.17, 15) is 9.59 Å². The van der Waals surface area contributed by atoms with Gasteiger partial charge in [-0.1, -0.05) is 27.7 Å². The second-order valence-electron chi connectivity index (χ2n) is 6.77. The van der Waals surface area contributed by atoms with Crippen LogP contribution in [0.5, 0.6) is 0 Å². The Morgan fingerprint density at radius 3 is 2.11 bits per heavy atom. The van der Waals surface area contributed by atoms with E-state index in [-0.39, 0.29) is 16.7 Å². The van der Waals surface area contributed by atoms with E-state index in [0.29, 0.717) is 25.3 Å². The van der Waals surface area contributed by atoms with Crippen LogP contribution in [0.4, 0.5) is 0 Å². The van der Waals surface area contributed by atoms with E-state index < -0.39 is 18.2 Å². The Morgan fingerprint density at radius 2 is 1.68 bits per heavy atom. The molecule has 2 aliphatic rings. The summed E-state index contributed by atoms with van der Waals surface area (Å²) in [5, 5.41) is 11.7. The third kappa shape index (κ3) is 2.36. The molecule has 0 radical (unpaired) electrons. The Bertz CT molecular complexity index is 388. The van der Waals surface area contributed by atoms with Crippen LogP contribution in [-0.2, 0) is 14.3 Å². The first-order valence-corrected chi connectivity index (χ1v) is 6.84. The van der Waals surface area contributed by atoms with Crippen LogP contribution in [0.25, 0.3) is 0 Å². The number of carboxylic acid groups (broad SMARTS) is 1. The molecule has 2 N–H and O–H groups in total. The van der Waals surface area contributed by atoms with Crippen LogP contribution in [0.2, 0.25) is 0 Å². The summed E-state index contributed by atoms with van der Waals surface area (Å²) in [6.45, 7) is 9.45. The predicted molar refractivity (Wildman–Crippen MR) is 69.6 cm³/mol. The SMILES string of the molecule is CC1(C)C(CNC(=O)C2CCC(C(=O)O)O2)C1(C)C. The van der Waals surface area contributed by atoms with Gasteiger partial charge in [-0.05, 0) is 29.6 Å². The third-order valence-electron chi connectivity index (χ3n) is 5.39. The van der Waals surface area contributed by atoms with Crippen LogP contribution < -0.4 is 5.32 Å². The van der Waals surface area contributed by atoms with Crippen LogP contribution in [-0.4, -0.2) is 35.7 Å². The maximum absolute atomic E-state index is 11.9. The van der Waals surface area contributed by atoms with Crippen molar-refractivity contribution in [3.63, 3.8) is 0 Å². The molecule has 1 aliphatic carbocycles. The van der Waals surface area contributed by atoms with Gasteiger partial charge < -0.3 is 15.2 Å². The molecular weight excluding hydrogens is 246 g/mol. The van der Waals surface area contributed by atoms with Crippen molar-refractivity contribution in [2.24, 2.45) is 16.7 Å². The first-order valence-electron chi connectivity index (χ1n) is 6.84. The van der Waals surface area contributed by atoms with Gasteiger partial charge >= 0.3 is 5.97 Å². The molecule has 2 rings (SSSR count). The van der Waals surface area contributed by atoms with Gasteiger partial charge in [-0.25, -0.2) is 4.79 Å². The van der Waals surface area contributed by atoms with Crippen LogP contribution in [0, 0.1) is 16.7 Å². The number of rotatable bonds is 4. The fourth-order valence-electron chi connectivity index (χ4n) is 3.17. The molecule has 2 atom stereocenters. The molecule has 0 aromatic heterocycles. The molecule has 1 amide bonds. The lowest BCUT2D eigenvalue weighted by atomic mass is 10.0. The Morgan fingerprint density at radius 1 is 1.16 bits per heavy atom. The average molecular weight is 269 g/mol. The Kier molecular flexibility index (Phi) is 3.37. The van der Waals surface area contributed by atoms with Crippen LogP contribution >= 0.6 is 0 Å². The molecule has 0 aromatic rings. The number of amides is 1. The molecule has 1 heterocycles. The quantitative estimate of drug-likeness (QED) is 0.809. The average Bonchev–Trinajstić information content (AvgIpc) is 2.72. The molecular formula is C14H23NO4. The van der Waals surface area contributed by atoms with E-state index in [4.69, 9.17) is 9.84 Å². The van der Waals surface area contributed by atoms with Gasteiger partial charge in [0.2, 0.25) is 5.91 Å². The van der Waals surface area contributed by atoms with Gasteiger partial charge in [0.05, 0.1) is 0 Å². The van der Waals surface area contributed by atoms with Gasteiger partial charge in [0.25, 0.3) is 0 Å².